The van der Waals surface area contributed by atoms with Crippen LogP contribution in [0.3, 0.4) is 0 Å². The van der Waals surface area contributed by atoms with Crippen molar-refractivity contribution in [1.29, 1.82) is 5.41 Å². The second-order valence-electron chi connectivity index (χ2n) is 3.78. The molecule has 0 amide bonds. The number of rotatable bonds is 0. The number of benzene rings is 1. The third-order valence-corrected chi connectivity index (χ3v) is 2.53. The molecule has 2 rings (SSSR count). The van der Waals surface area contributed by atoms with Crippen molar-refractivity contribution in [3.05, 3.63) is 34.4 Å². The Labute approximate surface area is 102 Å². The average Bonchev–Trinajstić information content (AvgIpc) is 2.50. The predicted octanol–water partition coefficient (Wildman–Crippen LogP) is 2.77. The van der Waals surface area contributed by atoms with Crippen LogP contribution in [0, 0.1) is 5.41 Å². The molecular weight excluding hydrogens is 276 g/mol. The lowest BCUT2D eigenvalue weighted by atomic mass is 9.98. The van der Waals surface area contributed by atoms with Crippen LogP contribution in [0.4, 0.5) is 26.3 Å². The predicted molar refractivity (Wildman–Crippen MR) is 54.0 cm³/mol. The van der Waals surface area contributed by atoms with Gasteiger partial charge in [-0.05, 0) is 12.1 Å². The summed E-state index contributed by atoms with van der Waals surface area (Å²) in [6.45, 7) is 0. The molecule has 0 spiro atoms. The number of amidine groups is 2. The lowest BCUT2D eigenvalue weighted by molar-refractivity contribution is -0.162. The highest BCUT2D eigenvalue weighted by Crippen LogP contribution is 2.42. The highest BCUT2D eigenvalue weighted by Gasteiger charge is 2.44. The van der Waals surface area contributed by atoms with Gasteiger partial charge in [-0.15, -0.1) is 0 Å². The van der Waals surface area contributed by atoms with Gasteiger partial charge in [-0.25, -0.2) is 4.99 Å². The van der Waals surface area contributed by atoms with Crippen molar-refractivity contribution < 1.29 is 26.3 Å². The van der Waals surface area contributed by atoms with E-state index < -0.39 is 35.2 Å². The molecule has 19 heavy (non-hydrogen) atoms. The fourth-order valence-corrected chi connectivity index (χ4v) is 1.72. The maximum atomic E-state index is 12.6. The Hall–Kier alpha value is -2.06. The summed E-state index contributed by atoms with van der Waals surface area (Å²) >= 11 is 0. The van der Waals surface area contributed by atoms with E-state index in [0.29, 0.717) is 0 Å². The van der Waals surface area contributed by atoms with Crippen molar-refractivity contribution in [3.8, 4) is 0 Å². The van der Waals surface area contributed by atoms with Crippen molar-refractivity contribution in [3.63, 3.8) is 0 Å². The summed E-state index contributed by atoms with van der Waals surface area (Å²) in [4.78, 5) is 3.35. The number of nitrogens with one attached hydrogen (secondary N) is 1. The van der Waals surface area contributed by atoms with Crippen LogP contribution < -0.4 is 5.73 Å². The van der Waals surface area contributed by atoms with Gasteiger partial charge in [0.2, 0.25) is 0 Å². The molecule has 9 heteroatoms. The zero-order chi connectivity index (χ0) is 14.6. The number of alkyl halides is 6. The fourth-order valence-electron chi connectivity index (χ4n) is 1.72. The first kappa shape index (κ1) is 13.4. The van der Waals surface area contributed by atoms with Crippen LogP contribution >= 0.6 is 0 Å². The summed E-state index contributed by atoms with van der Waals surface area (Å²) < 4.78 is 75.8. The van der Waals surface area contributed by atoms with Gasteiger partial charge in [0.1, 0.15) is 5.84 Å². The number of nitrogens with zero attached hydrogens (tertiary/aromatic N) is 1. The Bertz CT molecular complexity index is 597. The lowest BCUT2D eigenvalue weighted by Gasteiger charge is -2.17. The zero-order valence-electron chi connectivity index (χ0n) is 8.95. The molecule has 0 bridgehead atoms. The summed E-state index contributed by atoms with van der Waals surface area (Å²) in [6.07, 6.45) is -10.4. The number of hydrogen-bond donors (Lipinski definition) is 2. The van der Waals surface area contributed by atoms with Crippen LogP contribution in [0.25, 0.3) is 0 Å². The van der Waals surface area contributed by atoms with E-state index in [1.807, 2.05) is 0 Å². The van der Waals surface area contributed by atoms with E-state index in [4.69, 9.17) is 11.1 Å². The number of fused-ring (bicyclic) bond motifs is 1. The Morgan fingerprint density at radius 2 is 1.32 bits per heavy atom. The van der Waals surface area contributed by atoms with E-state index in [0.717, 1.165) is 0 Å². The minimum Gasteiger partial charge on any atom is -0.383 e. The maximum Gasteiger partial charge on any atom is 0.417 e. The largest absolute Gasteiger partial charge is 0.417 e. The van der Waals surface area contributed by atoms with Crippen molar-refractivity contribution in [2.45, 2.75) is 12.4 Å². The molecule has 0 aliphatic carbocycles. The van der Waals surface area contributed by atoms with Crippen LogP contribution in [0.15, 0.2) is 17.1 Å². The fraction of sp³-hybridized carbons (Fsp3) is 0.200. The molecule has 102 valence electrons. The number of aliphatic imine (C=N–C) groups is 1. The van der Waals surface area contributed by atoms with Crippen LogP contribution in [-0.2, 0) is 12.4 Å². The third kappa shape index (κ3) is 2.15. The van der Waals surface area contributed by atoms with E-state index in [-0.39, 0.29) is 23.3 Å². The Balaban J connectivity index is 2.77. The summed E-state index contributed by atoms with van der Waals surface area (Å²) in [5.74, 6) is -0.994. The highest BCUT2D eigenvalue weighted by molar-refractivity contribution is 6.21. The minimum atomic E-state index is -5.18. The molecule has 0 aromatic heterocycles. The van der Waals surface area contributed by atoms with Gasteiger partial charge in [0, 0.05) is 11.1 Å². The number of halogens is 6. The van der Waals surface area contributed by atoms with Gasteiger partial charge in [0.25, 0.3) is 0 Å². The first-order valence-electron chi connectivity index (χ1n) is 4.77. The monoisotopic (exact) mass is 281 g/mol. The van der Waals surface area contributed by atoms with Crippen molar-refractivity contribution >= 4 is 11.7 Å². The van der Waals surface area contributed by atoms with Crippen molar-refractivity contribution in [1.82, 2.24) is 0 Å². The molecule has 0 saturated heterocycles. The van der Waals surface area contributed by atoms with Crippen molar-refractivity contribution in [2.75, 3.05) is 0 Å². The Kier molecular flexibility index (Phi) is 2.62. The summed E-state index contributed by atoms with van der Waals surface area (Å²) in [6, 6.07) is 0.530. The molecule has 0 radical (unpaired) electrons. The maximum absolute atomic E-state index is 12.6. The molecule has 0 atom stereocenters. The van der Waals surface area contributed by atoms with Crippen LogP contribution in [0.2, 0.25) is 0 Å². The summed E-state index contributed by atoms with van der Waals surface area (Å²) in [5.41, 5.74) is 0.897. The van der Waals surface area contributed by atoms with Crippen LogP contribution in [-0.4, -0.2) is 11.7 Å². The molecule has 0 saturated carbocycles. The normalized spacial score (nSPS) is 15.5. The molecular formula is C10H5F6N3. The van der Waals surface area contributed by atoms with E-state index in [1.54, 1.807) is 0 Å². The number of nitrogens with two attached hydrogens (primary N) is 1. The molecule has 0 fully saturated rings. The van der Waals surface area contributed by atoms with Gasteiger partial charge in [-0.3, -0.25) is 5.41 Å². The first-order valence-corrected chi connectivity index (χ1v) is 4.77. The Morgan fingerprint density at radius 3 is 1.74 bits per heavy atom. The quantitative estimate of drug-likeness (QED) is 0.706. The van der Waals surface area contributed by atoms with E-state index in [1.165, 1.54) is 0 Å². The summed E-state index contributed by atoms with van der Waals surface area (Å²) in [5, 5.41) is 7.27. The second kappa shape index (κ2) is 3.72. The summed E-state index contributed by atoms with van der Waals surface area (Å²) in [7, 11) is 0. The number of hydrogen-bond acceptors (Lipinski definition) is 2. The van der Waals surface area contributed by atoms with Gasteiger partial charge in [0.15, 0.2) is 5.84 Å². The van der Waals surface area contributed by atoms with Gasteiger partial charge in [0.05, 0.1) is 11.1 Å². The minimum absolute atomic E-state index is 0.254. The zero-order valence-corrected chi connectivity index (χ0v) is 8.95. The molecule has 1 aromatic rings. The smallest absolute Gasteiger partial charge is 0.383 e. The van der Waals surface area contributed by atoms with Gasteiger partial charge >= 0.3 is 12.4 Å². The SMILES string of the molecule is N=C1N=C(N)c2cc(C(F)(F)F)c(C(F)(F)F)cc21. The van der Waals surface area contributed by atoms with E-state index >= 15 is 0 Å². The average molecular weight is 281 g/mol. The third-order valence-electron chi connectivity index (χ3n) is 2.53. The standard InChI is InChI=1S/C10H5F6N3/c11-9(12,13)5-1-3-4(8(18)19-7(3)17)2-6(5)10(14,15)16/h1-2H,(H3,17,18,19). The Morgan fingerprint density at radius 1 is 0.895 bits per heavy atom. The highest BCUT2D eigenvalue weighted by atomic mass is 19.4. The topological polar surface area (TPSA) is 62.2 Å². The van der Waals surface area contributed by atoms with E-state index in [9.17, 15) is 26.3 Å². The van der Waals surface area contributed by atoms with Crippen LogP contribution in [0.5, 0.6) is 0 Å². The van der Waals surface area contributed by atoms with Gasteiger partial charge in [-0.2, -0.15) is 26.3 Å². The molecule has 3 N–H and O–H groups in total. The first-order chi connectivity index (χ1) is 8.51. The molecule has 1 aromatic carbocycles. The molecule has 1 heterocycles. The molecule has 3 nitrogen and oxygen atoms in total. The van der Waals surface area contributed by atoms with Crippen molar-refractivity contribution in [2.24, 2.45) is 10.7 Å². The van der Waals surface area contributed by atoms with Gasteiger partial charge in [-0.1, -0.05) is 0 Å². The van der Waals surface area contributed by atoms with Gasteiger partial charge < -0.3 is 5.73 Å². The molecule has 1 aliphatic heterocycles. The molecule has 0 unspecified atom stereocenters. The lowest BCUT2D eigenvalue weighted by Crippen LogP contribution is -2.19. The second-order valence-corrected chi connectivity index (χ2v) is 3.78. The molecule has 1 aliphatic rings. The van der Waals surface area contributed by atoms with E-state index in [2.05, 4.69) is 4.99 Å². The van der Waals surface area contributed by atoms with Crippen LogP contribution in [0.1, 0.15) is 22.3 Å².